The number of rotatable bonds is 8. The van der Waals surface area contributed by atoms with Crippen LogP contribution in [0, 0.1) is 5.92 Å². The number of aromatic nitrogens is 4. The fourth-order valence-corrected chi connectivity index (χ4v) is 5.51. The Morgan fingerprint density at radius 1 is 0.973 bits per heavy atom. The van der Waals surface area contributed by atoms with Gasteiger partial charge in [-0.05, 0) is 41.2 Å². The smallest absolute Gasteiger partial charge is 0.264 e. The molecule has 37 heavy (non-hydrogen) atoms. The molecule has 0 saturated carbocycles. The van der Waals surface area contributed by atoms with Crippen LogP contribution in [0.5, 0.6) is 0 Å². The van der Waals surface area contributed by atoms with Crippen molar-refractivity contribution in [2.24, 2.45) is 5.92 Å². The van der Waals surface area contributed by atoms with Gasteiger partial charge >= 0.3 is 0 Å². The molecule has 0 atom stereocenters. The van der Waals surface area contributed by atoms with E-state index in [-0.39, 0.29) is 16.3 Å². The highest BCUT2D eigenvalue weighted by atomic mass is 35.5. The molecule has 194 valence electrons. The molecule has 0 aliphatic heterocycles. The topological polar surface area (TPSA) is 89.8 Å². The summed E-state index contributed by atoms with van der Waals surface area (Å²) in [4.78, 5) is 12.7. The third kappa shape index (κ3) is 6.56. The summed E-state index contributed by atoms with van der Waals surface area (Å²) in [6, 6.07) is 13.5. The zero-order valence-electron chi connectivity index (χ0n) is 21.7. The van der Waals surface area contributed by atoms with Crippen LogP contribution in [-0.4, -0.2) is 27.9 Å². The summed E-state index contributed by atoms with van der Waals surface area (Å²) >= 11 is 5.84. The Balaban J connectivity index is 1.69. The zero-order chi connectivity index (χ0) is 26.8. The number of anilines is 1. The average molecular weight is 538 g/mol. The molecule has 2 aromatic heterocycles. The molecule has 0 bridgehead atoms. The number of nitrogens with zero attached hydrogens (tertiary/aromatic N) is 4. The lowest BCUT2D eigenvalue weighted by atomic mass is 9.95. The van der Waals surface area contributed by atoms with Crippen LogP contribution in [-0.2, 0) is 28.4 Å². The minimum atomic E-state index is -3.95. The van der Waals surface area contributed by atoms with Crippen LogP contribution in [0.1, 0.15) is 51.6 Å². The SMILES string of the molecule is CC(C)Cc1ccc(S(=O)(=O)Nc2ncc(Cl)cn2)c(-c2ccc(Cn3ccnc3C(C)(C)C)cc2)c1. The second kappa shape index (κ2) is 10.6. The summed E-state index contributed by atoms with van der Waals surface area (Å²) in [6.45, 7) is 11.4. The van der Waals surface area contributed by atoms with Gasteiger partial charge in [-0.1, -0.05) is 76.6 Å². The van der Waals surface area contributed by atoms with Gasteiger partial charge in [0, 0.05) is 29.9 Å². The van der Waals surface area contributed by atoms with Crippen LogP contribution in [0.2, 0.25) is 5.02 Å². The molecule has 0 saturated heterocycles. The maximum absolute atomic E-state index is 13.4. The second-order valence-electron chi connectivity index (χ2n) is 10.6. The van der Waals surface area contributed by atoms with E-state index in [1.54, 1.807) is 6.07 Å². The highest BCUT2D eigenvalue weighted by Gasteiger charge is 2.22. The van der Waals surface area contributed by atoms with Gasteiger partial charge in [-0.3, -0.25) is 0 Å². The van der Waals surface area contributed by atoms with Crippen LogP contribution >= 0.6 is 11.6 Å². The molecular weight excluding hydrogens is 506 g/mol. The van der Waals surface area contributed by atoms with Crippen LogP contribution in [0.4, 0.5) is 5.95 Å². The summed E-state index contributed by atoms with van der Waals surface area (Å²) in [6.07, 6.45) is 7.35. The summed E-state index contributed by atoms with van der Waals surface area (Å²) in [5.41, 5.74) is 3.55. The molecule has 2 aromatic carbocycles. The Labute approximate surface area is 224 Å². The van der Waals surface area contributed by atoms with Gasteiger partial charge in [0.2, 0.25) is 5.95 Å². The molecule has 0 aliphatic rings. The largest absolute Gasteiger partial charge is 0.330 e. The van der Waals surface area contributed by atoms with Crippen molar-refractivity contribution in [2.45, 2.75) is 57.9 Å². The lowest BCUT2D eigenvalue weighted by molar-refractivity contribution is 0.511. The molecule has 0 amide bonds. The first kappa shape index (κ1) is 26.8. The average Bonchev–Trinajstić information content (AvgIpc) is 3.29. The van der Waals surface area contributed by atoms with E-state index in [9.17, 15) is 8.42 Å². The van der Waals surface area contributed by atoms with E-state index in [1.807, 2.05) is 48.8 Å². The predicted molar refractivity (Wildman–Crippen MR) is 148 cm³/mol. The number of halogens is 1. The van der Waals surface area contributed by atoms with E-state index in [2.05, 4.69) is 58.9 Å². The van der Waals surface area contributed by atoms with Crippen LogP contribution in [0.15, 0.2) is 72.1 Å². The molecule has 2 heterocycles. The fourth-order valence-electron chi connectivity index (χ4n) is 4.24. The molecule has 0 aliphatic carbocycles. The quantitative estimate of drug-likeness (QED) is 0.283. The van der Waals surface area contributed by atoms with E-state index >= 15 is 0 Å². The molecule has 4 rings (SSSR count). The first-order valence-corrected chi connectivity index (χ1v) is 14.0. The van der Waals surface area contributed by atoms with Gasteiger partial charge in [-0.25, -0.2) is 28.1 Å². The number of benzene rings is 2. The van der Waals surface area contributed by atoms with Crippen LogP contribution in [0.25, 0.3) is 11.1 Å². The standard InChI is InChI=1S/C28H32ClN5O2S/c1-19(2)14-21-8-11-25(37(35,36)33-27-31-16-23(29)17-32-27)24(15-21)22-9-6-20(7-10-22)18-34-13-12-30-26(34)28(3,4)5/h6-13,15-17,19H,14,18H2,1-5H3,(H,31,32,33). The van der Waals surface area contributed by atoms with Crippen LogP contribution in [0.3, 0.4) is 0 Å². The van der Waals surface area contributed by atoms with E-state index in [0.29, 0.717) is 23.0 Å². The van der Waals surface area contributed by atoms with Gasteiger partial charge in [0.05, 0.1) is 22.3 Å². The summed E-state index contributed by atoms with van der Waals surface area (Å²) < 4.78 is 31.4. The first-order chi connectivity index (χ1) is 17.4. The van der Waals surface area contributed by atoms with Gasteiger partial charge in [0.15, 0.2) is 0 Å². The lowest BCUT2D eigenvalue weighted by Crippen LogP contribution is -2.19. The normalized spacial score (nSPS) is 12.2. The number of hydrogen-bond donors (Lipinski definition) is 1. The molecule has 0 spiro atoms. The predicted octanol–water partition coefficient (Wildman–Crippen LogP) is 6.34. The molecule has 4 aromatic rings. The number of imidazole rings is 1. The third-order valence-corrected chi connectivity index (χ3v) is 7.41. The van der Waals surface area contributed by atoms with Gasteiger partial charge in [0.25, 0.3) is 10.0 Å². The van der Waals surface area contributed by atoms with E-state index in [0.717, 1.165) is 28.9 Å². The first-order valence-electron chi connectivity index (χ1n) is 12.2. The van der Waals surface area contributed by atoms with Crippen molar-refractivity contribution in [3.8, 4) is 11.1 Å². The van der Waals surface area contributed by atoms with Crippen molar-refractivity contribution < 1.29 is 8.42 Å². The summed E-state index contributed by atoms with van der Waals surface area (Å²) in [5.74, 6) is 1.42. The minimum absolute atomic E-state index is 0.0352. The highest BCUT2D eigenvalue weighted by molar-refractivity contribution is 7.92. The van der Waals surface area contributed by atoms with Crippen molar-refractivity contribution in [1.29, 1.82) is 0 Å². The molecule has 0 fully saturated rings. The fraction of sp³-hybridized carbons (Fsp3) is 0.321. The summed E-state index contributed by atoms with van der Waals surface area (Å²) in [5, 5.41) is 0.326. The molecular formula is C28H32ClN5O2S. The van der Waals surface area contributed by atoms with E-state index in [4.69, 9.17) is 11.6 Å². The number of hydrogen-bond acceptors (Lipinski definition) is 5. The van der Waals surface area contributed by atoms with Crippen molar-refractivity contribution in [3.63, 3.8) is 0 Å². The second-order valence-corrected chi connectivity index (χ2v) is 12.7. The molecule has 9 heteroatoms. The van der Waals surface area contributed by atoms with Gasteiger partial charge in [-0.2, -0.15) is 0 Å². The summed E-state index contributed by atoms with van der Waals surface area (Å²) in [7, 11) is -3.95. The van der Waals surface area contributed by atoms with Crippen molar-refractivity contribution in [1.82, 2.24) is 19.5 Å². The van der Waals surface area contributed by atoms with Crippen molar-refractivity contribution in [2.75, 3.05) is 4.72 Å². The maximum atomic E-state index is 13.4. The Kier molecular flexibility index (Phi) is 7.71. The van der Waals surface area contributed by atoms with Gasteiger partial charge < -0.3 is 4.57 Å². The Morgan fingerprint density at radius 3 is 2.24 bits per heavy atom. The van der Waals surface area contributed by atoms with Crippen molar-refractivity contribution in [3.05, 3.63) is 89.2 Å². The molecule has 7 nitrogen and oxygen atoms in total. The number of nitrogens with one attached hydrogen (secondary N) is 1. The van der Waals surface area contributed by atoms with Crippen LogP contribution < -0.4 is 4.72 Å². The third-order valence-electron chi connectivity index (χ3n) is 5.83. The lowest BCUT2D eigenvalue weighted by Gasteiger charge is -2.20. The molecule has 1 N–H and O–H groups in total. The Hall–Kier alpha value is -3.23. The van der Waals surface area contributed by atoms with Crippen molar-refractivity contribution >= 4 is 27.6 Å². The van der Waals surface area contributed by atoms with Gasteiger partial charge in [0.1, 0.15) is 5.82 Å². The minimum Gasteiger partial charge on any atom is -0.330 e. The Bertz CT molecular complexity index is 1470. The number of sulfonamides is 1. The maximum Gasteiger partial charge on any atom is 0.264 e. The highest BCUT2D eigenvalue weighted by Crippen LogP contribution is 2.31. The zero-order valence-corrected chi connectivity index (χ0v) is 23.3. The Morgan fingerprint density at radius 2 is 1.62 bits per heavy atom. The molecule has 0 unspecified atom stereocenters. The van der Waals surface area contributed by atoms with E-state index in [1.165, 1.54) is 12.4 Å². The van der Waals surface area contributed by atoms with Gasteiger partial charge in [-0.15, -0.1) is 0 Å². The molecule has 0 radical (unpaired) electrons. The van der Waals surface area contributed by atoms with E-state index < -0.39 is 10.0 Å². The monoisotopic (exact) mass is 537 g/mol.